The number of nitrogens with one attached hydrogen (secondary N) is 1. The van der Waals surface area contributed by atoms with E-state index in [1.54, 1.807) is 12.5 Å². The monoisotopic (exact) mass is 264 g/mol. The molecular formula is C9H16N2O3S2. The molecule has 0 aliphatic heterocycles. The molecule has 0 fully saturated rings. The maximum atomic E-state index is 11.7. The second kappa shape index (κ2) is 6.19. The van der Waals surface area contributed by atoms with E-state index in [4.69, 9.17) is 10.5 Å². The molecule has 0 saturated heterocycles. The Morgan fingerprint density at radius 1 is 1.50 bits per heavy atom. The number of nitrogens with two attached hydrogens (primary N) is 1. The molecule has 1 rings (SSSR count). The lowest BCUT2D eigenvalue weighted by molar-refractivity contribution is 0.193. The smallest absolute Gasteiger partial charge is 0.250 e. The molecular weight excluding hydrogens is 248 g/mol. The van der Waals surface area contributed by atoms with Gasteiger partial charge in [0, 0.05) is 31.3 Å². The van der Waals surface area contributed by atoms with Crippen LogP contribution in [-0.4, -0.2) is 28.7 Å². The van der Waals surface area contributed by atoms with Gasteiger partial charge in [0.2, 0.25) is 10.0 Å². The highest BCUT2D eigenvalue weighted by molar-refractivity contribution is 7.91. The van der Waals surface area contributed by atoms with Crippen LogP contribution in [-0.2, 0) is 14.8 Å². The van der Waals surface area contributed by atoms with E-state index in [0.717, 1.165) is 24.2 Å². The van der Waals surface area contributed by atoms with Crippen LogP contribution in [0.4, 0.5) is 5.69 Å². The number of rotatable bonds is 7. The van der Waals surface area contributed by atoms with Crippen LogP contribution in [0.3, 0.4) is 0 Å². The first-order valence-electron chi connectivity index (χ1n) is 4.89. The highest BCUT2D eigenvalue weighted by atomic mass is 32.2. The van der Waals surface area contributed by atoms with Gasteiger partial charge in [-0.15, -0.1) is 11.3 Å². The second-order valence-corrected chi connectivity index (χ2v) is 6.20. The van der Waals surface area contributed by atoms with Gasteiger partial charge in [0.05, 0.1) is 0 Å². The molecule has 0 bridgehead atoms. The largest absolute Gasteiger partial charge is 0.398 e. The van der Waals surface area contributed by atoms with Crippen molar-refractivity contribution >= 4 is 27.0 Å². The first kappa shape index (κ1) is 13.4. The normalized spacial score (nSPS) is 11.8. The quantitative estimate of drug-likeness (QED) is 0.721. The third kappa shape index (κ3) is 4.09. The van der Waals surface area contributed by atoms with Gasteiger partial charge in [-0.1, -0.05) is 0 Å². The summed E-state index contributed by atoms with van der Waals surface area (Å²) in [7, 11) is -1.76. The van der Waals surface area contributed by atoms with Crippen molar-refractivity contribution in [2.45, 2.75) is 17.1 Å². The van der Waals surface area contributed by atoms with Gasteiger partial charge in [0.1, 0.15) is 4.21 Å². The number of anilines is 1. The van der Waals surface area contributed by atoms with Crippen molar-refractivity contribution in [3.8, 4) is 0 Å². The molecule has 0 amide bonds. The summed E-state index contributed by atoms with van der Waals surface area (Å²) in [5.74, 6) is 0. The fourth-order valence-corrected chi connectivity index (χ4v) is 3.32. The zero-order valence-electron chi connectivity index (χ0n) is 9.10. The zero-order valence-corrected chi connectivity index (χ0v) is 10.7. The van der Waals surface area contributed by atoms with Gasteiger partial charge in [-0.2, -0.15) is 0 Å². The molecule has 5 nitrogen and oxygen atoms in total. The van der Waals surface area contributed by atoms with Crippen LogP contribution in [0.5, 0.6) is 0 Å². The van der Waals surface area contributed by atoms with Crippen LogP contribution in [0, 0.1) is 0 Å². The Morgan fingerprint density at radius 3 is 2.81 bits per heavy atom. The molecule has 92 valence electrons. The molecule has 0 atom stereocenters. The van der Waals surface area contributed by atoms with Crippen LogP contribution in [0.15, 0.2) is 15.7 Å². The Balaban J connectivity index is 2.41. The van der Waals surface area contributed by atoms with Gasteiger partial charge in [0.25, 0.3) is 0 Å². The summed E-state index contributed by atoms with van der Waals surface area (Å²) in [4.78, 5) is 0. The number of sulfonamides is 1. The predicted molar refractivity (Wildman–Crippen MR) is 65.0 cm³/mol. The molecule has 1 heterocycles. The minimum atomic E-state index is -3.38. The summed E-state index contributed by atoms with van der Waals surface area (Å²) < 4.78 is 31.0. The average Bonchev–Trinajstić information content (AvgIpc) is 2.65. The van der Waals surface area contributed by atoms with Crippen LogP contribution in [0.1, 0.15) is 12.8 Å². The van der Waals surface area contributed by atoms with Crippen LogP contribution in [0.25, 0.3) is 0 Å². The maximum absolute atomic E-state index is 11.7. The van der Waals surface area contributed by atoms with Crippen molar-refractivity contribution in [1.82, 2.24) is 4.72 Å². The van der Waals surface area contributed by atoms with Crippen LogP contribution in [0.2, 0.25) is 0 Å². The van der Waals surface area contributed by atoms with E-state index in [1.165, 1.54) is 6.07 Å². The van der Waals surface area contributed by atoms with Crippen LogP contribution >= 0.6 is 11.3 Å². The minimum Gasteiger partial charge on any atom is -0.398 e. The molecule has 16 heavy (non-hydrogen) atoms. The third-order valence-corrected chi connectivity index (χ3v) is 4.85. The SMILES string of the molecule is COCCCCNS(=O)(=O)c1cc(N)cs1. The number of hydrogen-bond acceptors (Lipinski definition) is 5. The first-order chi connectivity index (χ1) is 7.56. The summed E-state index contributed by atoms with van der Waals surface area (Å²) in [6, 6.07) is 1.46. The maximum Gasteiger partial charge on any atom is 0.250 e. The number of ether oxygens (including phenoxy) is 1. The molecule has 0 aliphatic carbocycles. The van der Waals surface area contributed by atoms with E-state index < -0.39 is 10.0 Å². The molecule has 0 spiro atoms. The lowest BCUT2D eigenvalue weighted by Crippen LogP contribution is -2.24. The van der Waals surface area contributed by atoms with Crippen molar-refractivity contribution in [2.24, 2.45) is 0 Å². The molecule has 0 unspecified atom stereocenters. The summed E-state index contributed by atoms with van der Waals surface area (Å²) in [6.07, 6.45) is 1.60. The standard InChI is InChI=1S/C9H16N2O3S2/c1-14-5-3-2-4-11-16(12,13)9-6-8(10)7-15-9/h6-7,11H,2-5,10H2,1H3. The summed E-state index contributed by atoms with van der Waals surface area (Å²) in [6.45, 7) is 1.07. The summed E-state index contributed by atoms with van der Waals surface area (Å²) in [5.41, 5.74) is 5.95. The zero-order chi connectivity index (χ0) is 12.0. The minimum absolute atomic E-state index is 0.261. The lowest BCUT2D eigenvalue weighted by Gasteiger charge is -2.03. The van der Waals surface area contributed by atoms with Gasteiger partial charge < -0.3 is 10.5 Å². The van der Waals surface area contributed by atoms with Gasteiger partial charge in [-0.25, -0.2) is 13.1 Å². The van der Waals surface area contributed by atoms with E-state index in [2.05, 4.69) is 4.72 Å². The van der Waals surface area contributed by atoms with Gasteiger partial charge in [0.15, 0.2) is 0 Å². The Morgan fingerprint density at radius 2 is 2.25 bits per heavy atom. The van der Waals surface area contributed by atoms with E-state index in [0.29, 0.717) is 18.8 Å². The summed E-state index contributed by atoms with van der Waals surface area (Å²) in [5, 5.41) is 1.61. The van der Waals surface area contributed by atoms with Crippen molar-refractivity contribution in [3.63, 3.8) is 0 Å². The number of methoxy groups -OCH3 is 1. The Bertz CT molecular complexity index is 414. The first-order valence-corrected chi connectivity index (χ1v) is 7.25. The lowest BCUT2D eigenvalue weighted by atomic mass is 10.3. The number of unbranched alkanes of at least 4 members (excludes halogenated alkanes) is 1. The molecule has 7 heteroatoms. The second-order valence-electron chi connectivity index (χ2n) is 3.30. The number of thiophene rings is 1. The van der Waals surface area contributed by atoms with Crippen LogP contribution < -0.4 is 10.5 Å². The number of nitrogen functional groups attached to an aromatic ring is 1. The highest BCUT2D eigenvalue weighted by Crippen LogP contribution is 2.21. The van der Waals surface area contributed by atoms with E-state index in [9.17, 15) is 8.42 Å². The van der Waals surface area contributed by atoms with Crippen molar-refractivity contribution in [1.29, 1.82) is 0 Å². The fraction of sp³-hybridized carbons (Fsp3) is 0.556. The van der Waals surface area contributed by atoms with Gasteiger partial charge in [-0.05, 0) is 18.9 Å². The molecule has 0 aliphatic rings. The molecule has 1 aromatic rings. The van der Waals surface area contributed by atoms with Gasteiger partial charge in [-0.3, -0.25) is 0 Å². The average molecular weight is 264 g/mol. The molecule has 0 aromatic carbocycles. The summed E-state index contributed by atoms with van der Waals surface area (Å²) >= 11 is 1.12. The van der Waals surface area contributed by atoms with Crippen molar-refractivity contribution in [3.05, 3.63) is 11.4 Å². The number of hydrogen-bond donors (Lipinski definition) is 2. The Hall–Kier alpha value is -0.630. The molecule has 0 saturated carbocycles. The fourth-order valence-electron chi connectivity index (χ4n) is 1.12. The Labute approximate surface area is 99.7 Å². The van der Waals surface area contributed by atoms with Gasteiger partial charge >= 0.3 is 0 Å². The molecule has 1 aromatic heterocycles. The highest BCUT2D eigenvalue weighted by Gasteiger charge is 2.15. The van der Waals surface area contributed by atoms with E-state index >= 15 is 0 Å². The predicted octanol–water partition coefficient (Wildman–Crippen LogP) is 1.04. The third-order valence-electron chi connectivity index (χ3n) is 1.93. The van der Waals surface area contributed by atoms with Crippen molar-refractivity contribution in [2.75, 3.05) is 26.0 Å². The van der Waals surface area contributed by atoms with E-state index in [1.807, 2.05) is 0 Å². The molecule has 0 radical (unpaired) electrons. The topological polar surface area (TPSA) is 81.4 Å². The van der Waals surface area contributed by atoms with Crippen molar-refractivity contribution < 1.29 is 13.2 Å². The Kier molecular flexibility index (Phi) is 5.20. The van der Waals surface area contributed by atoms with E-state index in [-0.39, 0.29) is 4.21 Å². The molecule has 3 N–H and O–H groups in total.